The minimum absolute atomic E-state index is 0.00559. The molecular weight excluding hydrogens is 314 g/mol. The van der Waals surface area contributed by atoms with Crippen molar-refractivity contribution in [1.29, 1.82) is 0 Å². The second-order valence-corrected chi connectivity index (χ2v) is 5.76. The number of nitrogens with one attached hydrogen (secondary N) is 1. The van der Waals surface area contributed by atoms with Crippen molar-refractivity contribution in [3.8, 4) is 0 Å². The number of anilines is 1. The van der Waals surface area contributed by atoms with Crippen LogP contribution in [-0.4, -0.2) is 46.4 Å². The van der Waals surface area contributed by atoms with E-state index in [1.54, 1.807) is 20.8 Å². The Kier molecular flexibility index (Phi) is 5.99. The summed E-state index contributed by atoms with van der Waals surface area (Å²) in [5.74, 6) is -2.06. The molecule has 0 radical (unpaired) electrons. The summed E-state index contributed by atoms with van der Waals surface area (Å²) >= 11 is 1.02. The minimum atomic E-state index is -1.38. The maximum absolute atomic E-state index is 11.4. The van der Waals surface area contributed by atoms with Crippen LogP contribution in [0.4, 0.5) is 5.13 Å². The van der Waals surface area contributed by atoms with Crippen LogP contribution in [-0.2, 0) is 24.0 Å². The van der Waals surface area contributed by atoms with Crippen LogP contribution >= 0.6 is 11.3 Å². The molecule has 1 aromatic rings. The molecule has 120 valence electrons. The van der Waals surface area contributed by atoms with Crippen LogP contribution in [0.5, 0.6) is 0 Å². The number of carboxylic acid groups (broad SMARTS) is 1. The number of oxime groups is 1. The van der Waals surface area contributed by atoms with Gasteiger partial charge in [0.05, 0.1) is 0 Å². The number of rotatable bonds is 7. The molecule has 0 aromatic carbocycles. The number of aliphatic carboxylic acids is 1. The van der Waals surface area contributed by atoms with Crippen molar-refractivity contribution < 1.29 is 29.1 Å². The van der Waals surface area contributed by atoms with Crippen molar-refractivity contribution in [3.05, 3.63) is 11.1 Å². The SMILES string of the molecule is CC(C)(C)OC(=O)CO/N=C(\C(=O)O)c1csc(NC=O)n1. The highest BCUT2D eigenvalue weighted by molar-refractivity contribution is 7.14. The molecule has 10 heteroatoms. The highest BCUT2D eigenvalue weighted by Crippen LogP contribution is 2.15. The number of amides is 1. The largest absolute Gasteiger partial charge is 0.476 e. The summed E-state index contributed by atoms with van der Waals surface area (Å²) in [4.78, 5) is 41.4. The van der Waals surface area contributed by atoms with Crippen LogP contribution in [0, 0.1) is 0 Å². The van der Waals surface area contributed by atoms with E-state index >= 15 is 0 Å². The number of ether oxygens (including phenoxy) is 1. The van der Waals surface area contributed by atoms with Gasteiger partial charge in [0.15, 0.2) is 5.13 Å². The first kappa shape index (κ1) is 17.6. The Morgan fingerprint density at radius 1 is 1.50 bits per heavy atom. The Morgan fingerprint density at radius 2 is 2.18 bits per heavy atom. The average Bonchev–Trinajstić information content (AvgIpc) is 2.80. The number of carbonyl (C=O) groups is 3. The van der Waals surface area contributed by atoms with Gasteiger partial charge in [0, 0.05) is 5.38 Å². The van der Waals surface area contributed by atoms with E-state index in [1.165, 1.54) is 5.38 Å². The van der Waals surface area contributed by atoms with Crippen LogP contribution in [0.2, 0.25) is 0 Å². The number of esters is 1. The first-order chi connectivity index (χ1) is 10.2. The fraction of sp³-hybridized carbons (Fsp3) is 0.417. The summed E-state index contributed by atoms with van der Waals surface area (Å²) in [6, 6.07) is 0. The van der Waals surface area contributed by atoms with Gasteiger partial charge in [0.2, 0.25) is 18.7 Å². The number of hydrogen-bond donors (Lipinski definition) is 2. The number of hydrogen-bond acceptors (Lipinski definition) is 8. The van der Waals surface area contributed by atoms with Crippen molar-refractivity contribution in [2.75, 3.05) is 11.9 Å². The summed E-state index contributed by atoms with van der Waals surface area (Å²) in [5, 5.41) is 16.3. The number of carboxylic acids is 1. The lowest BCUT2D eigenvalue weighted by Gasteiger charge is -2.18. The van der Waals surface area contributed by atoms with Crippen LogP contribution in [0.15, 0.2) is 10.5 Å². The molecule has 0 saturated carbocycles. The van der Waals surface area contributed by atoms with Gasteiger partial charge in [-0.1, -0.05) is 5.16 Å². The molecule has 0 spiro atoms. The molecule has 0 atom stereocenters. The molecular formula is C12H15N3O6S. The summed E-state index contributed by atoms with van der Waals surface area (Å²) in [7, 11) is 0. The third-order valence-corrected chi connectivity index (χ3v) is 2.66. The number of thiazole rings is 1. The van der Waals surface area contributed by atoms with E-state index in [9.17, 15) is 14.4 Å². The van der Waals surface area contributed by atoms with Crippen LogP contribution < -0.4 is 5.32 Å². The fourth-order valence-electron chi connectivity index (χ4n) is 1.22. The van der Waals surface area contributed by atoms with E-state index in [2.05, 4.69) is 15.5 Å². The lowest BCUT2D eigenvalue weighted by Crippen LogP contribution is -2.26. The molecule has 2 N–H and O–H groups in total. The van der Waals surface area contributed by atoms with Crippen molar-refractivity contribution in [3.63, 3.8) is 0 Å². The van der Waals surface area contributed by atoms with Crippen LogP contribution in [0.1, 0.15) is 26.5 Å². The van der Waals surface area contributed by atoms with Crippen LogP contribution in [0.3, 0.4) is 0 Å². The minimum Gasteiger partial charge on any atom is -0.476 e. The molecule has 0 bridgehead atoms. The Bertz CT molecular complexity index is 590. The number of nitrogens with zero attached hydrogens (tertiary/aromatic N) is 2. The van der Waals surface area contributed by atoms with Crippen molar-refractivity contribution >= 4 is 40.5 Å². The Balaban J connectivity index is 2.72. The summed E-state index contributed by atoms with van der Waals surface area (Å²) in [6.45, 7) is 4.53. The molecule has 0 aliphatic heterocycles. The zero-order chi connectivity index (χ0) is 16.8. The molecule has 9 nitrogen and oxygen atoms in total. The second kappa shape index (κ2) is 7.50. The van der Waals surface area contributed by atoms with E-state index in [0.717, 1.165) is 11.3 Å². The van der Waals surface area contributed by atoms with Gasteiger partial charge in [-0.3, -0.25) is 4.79 Å². The van der Waals surface area contributed by atoms with Gasteiger partial charge >= 0.3 is 11.9 Å². The first-order valence-corrected chi connectivity index (χ1v) is 6.92. The van der Waals surface area contributed by atoms with E-state index in [1.807, 2.05) is 0 Å². The van der Waals surface area contributed by atoms with Gasteiger partial charge in [0.1, 0.15) is 11.3 Å². The molecule has 0 aliphatic rings. The predicted octanol–water partition coefficient (Wildman–Crippen LogP) is 0.858. The molecule has 1 aromatic heterocycles. The summed E-state index contributed by atoms with van der Waals surface area (Å²) in [5.41, 5.74) is -1.16. The molecule has 0 aliphatic carbocycles. The molecule has 22 heavy (non-hydrogen) atoms. The van der Waals surface area contributed by atoms with Gasteiger partial charge in [-0.25, -0.2) is 14.6 Å². The van der Waals surface area contributed by atoms with Gasteiger partial charge in [-0.05, 0) is 20.8 Å². The van der Waals surface area contributed by atoms with Crippen molar-refractivity contribution in [1.82, 2.24) is 4.98 Å². The molecule has 1 amide bonds. The topological polar surface area (TPSA) is 127 Å². The molecule has 1 rings (SSSR count). The zero-order valence-corrected chi connectivity index (χ0v) is 13.0. The highest BCUT2D eigenvalue weighted by Gasteiger charge is 2.19. The summed E-state index contributed by atoms with van der Waals surface area (Å²) in [6.07, 6.45) is 0.416. The Hall–Kier alpha value is -2.49. The van der Waals surface area contributed by atoms with Gasteiger partial charge in [-0.15, -0.1) is 11.3 Å². The van der Waals surface area contributed by atoms with Gasteiger partial charge < -0.3 is 20.0 Å². The van der Waals surface area contributed by atoms with Gasteiger partial charge in [0.25, 0.3) is 0 Å². The molecule has 1 heterocycles. The average molecular weight is 329 g/mol. The van der Waals surface area contributed by atoms with E-state index < -0.39 is 29.9 Å². The number of carbonyl (C=O) groups excluding carboxylic acids is 2. The maximum atomic E-state index is 11.4. The lowest BCUT2D eigenvalue weighted by atomic mass is 10.2. The monoisotopic (exact) mass is 329 g/mol. The maximum Gasteiger partial charge on any atom is 0.360 e. The molecule has 0 fully saturated rings. The fourth-order valence-corrected chi connectivity index (χ4v) is 1.87. The number of aromatic nitrogens is 1. The first-order valence-electron chi connectivity index (χ1n) is 6.04. The molecule has 0 unspecified atom stereocenters. The smallest absolute Gasteiger partial charge is 0.360 e. The normalized spacial score (nSPS) is 11.7. The standard InChI is InChI=1S/C12H15N3O6S/c1-12(2,3)21-8(17)4-20-15-9(10(18)19)7-5-22-11(14-7)13-6-16/h5-6H,4H2,1-3H3,(H,18,19)(H,13,14,16)/b15-9-. The third kappa shape index (κ3) is 5.87. The quantitative estimate of drug-likeness (QED) is 0.328. The highest BCUT2D eigenvalue weighted by atomic mass is 32.1. The van der Waals surface area contributed by atoms with Crippen molar-refractivity contribution in [2.24, 2.45) is 5.16 Å². The van der Waals surface area contributed by atoms with Crippen molar-refractivity contribution in [2.45, 2.75) is 26.4 Å². The Labute approximate surface area is 129 Å². The Morgan fingerprint density at radius 3 is 2.73 bits per heavy atom. The van der Waals surface area contributed by atoms with Gasteiger partial charge in [-0.2, -0.15) is 0 Å². The lowest BCUT2D eigenvalue weighted by molar-refractivity contribution is -0.160. The van der Waals surface area contributed by atoms with E-state index in [-0.39, 0.29) is 10.8 Å². The third-order valence-electron chi connectivity index (χ3n) is 1.89. The van der Waals surface area contributed by atoms with E-state index in [0.29, 0.717) is 6.41 Å². The second-order valence-electron chi connectivity index (χ2n) is 4.91. The predicted molar refractivity (Wildman–Crippen MR) is 77.8 cm³/mol. The summed E-state index contributed by atoms with van der Waals surface area (Å²) < 4.78 is 4.98. The van der Waals surface area contributed by atoms with E-state index in [4.69, 9.17) is 14.7 Å². The zero-order valence-electron chi connectivity index (χ0n) is 12.2. The van der Waals surface area contributed by atoms with Crippen LogP contribution in [0.25, 0.3) is 0 Å². The molecule has 0 saturated heterocycles.